The molecule has 2 aromatic rings. The Morgan fingerprint density at radius 1 is 1.25 bits per heavy atom. The van der Waals surface area contributed by atoms with Crippen molar-refractivity contribution in [3.8, 4) is 11.6 Å². The molecule has 0 fully saturated rings. The van der Waals surface area contributed by atoms with Crippen molar-refractivity contribution in [1.29, 1.82) is 0 Å². The molecule has 1 aromatic heterocycles. The van der Waals surface area contributed by atoms with E-state index in [4.69, 9.17) is 9.47 Å². The molecule has 0 aliphatic heterocycles. The average Bonchev–Trinajstić information content (AvgIpc) is 2.63. The zero-order chi connectivity index (χ0) is 20.9. The largest absolute Gasteiger partial charge is 0.494 e. The smallest absolute Gasteiger partial charge is 0.417 e. The fraction of sp³-hybridized carbons (Fsp3) is 0.368. The Labute approximate surface area is 159 Å². The van der Waals surface area contributed by atoms with Gasteiger partial charge in [0, 0.05) is 12.7 Å². The molecule has 2 rings (SSSR count). The summed E-state index contributed by atoms with van der Waals surface area (Å²) >= 11 is 0. The zero-order valence-corrected chi connectivity index (χ0v) is 15.6. The molecule has 0 spiro atoms. The van der Waals surface area contributed by atoms with E-state index in [1.54, 1.807) is 0 Å². The second kappa shape index (κ2) is 8.90. The number of hydrogen-bond acceptors (Lipinski definition) is 4. The summed E-state index contributed by atoms with van der Waals surface area (Å²) in [5.74, 6) is -2.02. The van der Waals surface area contributed by atoms with Crippen LogP contribution < -0.4 is 14.8 Å². The third-order valence-electron chi connectivity index (χ3n) is 3.67. The van der Waals surface area contributed by atoms with Gasteiger partial charge in [0.2, 0.25) is 5.88 Å². The highest BCUT2D eigenvalue weighted by molar-refractivity contribution is 5.98. The predicted octanol–water partition coefficient (Wildman–Crippen LogP) is 4.21. The zero-order valence-electron chi connectivity index (χ0n) is 15.6. The highest BCUT2D eigenvalue weighted by atomic mass is 19.4. The first-order chi connectivity index (χ1) is 13.1. The van der Waals surface area contributed by atoms with Crippen molar-refractivity contribution in [2.45, 2.75) is 26.6 Å². The molecule has 1 amide bonds. The molecule has 1 aromatic carbocycles. The van der Waals surface area contributed by atoms with E-state index in [0.29, 0.717) is 11.6 Å². The van der Waals surface area contributed by atoms with Crippen LogP contribution in [0, 0.1) is 11.7 Å². The molecule has 0 radical (unpaired) electrons. The lowest BCUT2D eigenvalue weighted by Gasteiger charge is -2.17. The normalized spacial score (nSPS) is 11.4. The van der Waals surface area contributed by atoms with Gasteiger partial charge in [-0.2, -0.15) is 13.2 Å². The number of aromatic nitrogens is 1. The number of alkyl halides is 3. The Kier molecular flexibility index (Phi) is 6.82. The van der Waals surface area contributed by atoms with Crippen LogP contribution in [0.5, 0.6) is 11.6 Å². The molecular weight excluding hydrogens is 380 g/mol. The van der Waals surface area contributed by atoms with Crippen LogP contribution in [0.15, 0.2) is 30.5 Å². The van der Waals surface area contributed by atoms with Crippen molar-refractivity contribution < 1.29 is 31.8 Å². The van der Waals surface area contributed by atoms with Gasteiger partial charge in [-0.3, -0.25) is 4.79 Å². The topological polar surface area (TPSA) is 60.5 Å². The number of nitrogens with one attached hydrogen (secondary N) is 1. The molecule has 1 heterocycles. The van der Waals surface area contributed by atoms with Crippen LogP contribution in [0.4, 0.5) is 17.6 Å². The minimum absolute atomic E-state index is 0.0195. The monoisotopic (exact) mass is 400 g/mol. The van der Waals surface area contributed by atoms with Crippen LogP contribution in [0.2, 0.25) is 0 Å². The summed E-state index contributed by atoms with van der Waals surface area (Å²) in [5.41, 5.74) is -1.50. The summed E-state index contributed by atoms with van der Waals surface area (Å²) in [5, 5.41) is 2.35. The number of nitrogens with zero attached hydrogens (tertiary/aromatic N) is 1. The van der Waals surface area contributed by atoms with E-state index in [0.717, 1.165) is 12.3 Å². The van der Waals surface area contributed by atoms with Gasteiger partial charge in [-0.15, -0.1) is 0 Å². The third-order valence-corrected chi connectivity index (χ3v) is 3.67. The molecule has 0 bridgehead atoms. The number of carbonyl (C=O) groups excluding carboxylic acids is 1. The van der Waals surface area contributed by atoms with Crippen molar-refractivity contribution in [2.24, 2.45) is 5.92 Å². The van der Waals surface area contributed by atoms with Gasteiger partial charge < -0.3 is 14.8 Å². The fourth-order valence-electron chi connectivity index (χ4n) is 2.34. The van der Waals surface area contributed by atoms with Crippen LogP contribution >= 0.6 is 0 Å². The van der Waals surface area contributed by atoms with Gasteiger partial charge in [0.05, 0.1) is 19.3 Å². The first-order valence-electron chi connectivity index (χ1n) is 8.43. The molecule has 9 heteroatoms. The van der Waals surface area contributed by atoms with Gasteiger partial charge in [0.1, 0.15) is 5.56 Å². The molecule has 0 atom stereocenters. The number of methoxy groups -OCH3 is 1. The molecule has 0 saturated carbocycles. The number of halogens is 4. The lowest BCUT2D eigenvalue weighted by atomic mass is 10.1. The van der Waals surface area contributed by atoms with E-state index >= 15 is 0 Å². The molecule has 0 saturated heterocycles. The van der Waals surface area contributed by atoms with E-state index in [-0.39, 0.29) is 24.8 Å². The van der Waals surface area contributed by atoms with Crippen molar-refractivity contribution in [3.05, 3.63) is 53.0 Å². The number of amides is 1. The summed E-state index contributed by atoms with van der Waals surface area (Å²) in [6.45, 7) is 3.53. The Hall–Kier alpha value is -2.84. The van der Waals surface area contributed by atoms with Crippen LogP contribution in [-0.2, 0) is 12.7 Å². The lowest BCUT2D eigenvalue weighted by molar-refractivity contribution is -0.138. The standard InChI is InChI=1S/C19H20F4N2O3/c1-11(2)10-28-18-16(13(6-7-24-18)19(21,22)23)17(26)25-9-12-4-5-15(27-3)14(20)8-12/h4-8,11H,9-10H2,1-3H3,(H,25,26). The quantitative estimate of drug-likeness (QED) is 0.708. The van der Waals surface area contributed by atoms with Gasteiger partial charge in [0.15, 0.2) is 11.6 Å². The summed E-state index contributed by atoms with van der Waals surface area (Å²) in [6.07, 6.45) is -3.83. The Morgan fingerprint density at radius 2 is 1.96 bits per heavy atom. The van der Waals surface area contributed by atoms with Gasteiger partial charge in [-0.1, -0.05) is 19.9 Å². The number of benzene rings is 1. The van der Waals surface area contributed by atoms with Crippen LogP contribution in [-0.4, -0.2) is 24.6 Å². The van der Waals surface area contributed by atoms with E-state index in [1.165, 1.54) is 19.2 Å². The summed E-state index contributed by atoms with van der Waals surface area (Å²) < 4.78 is 63.9. The molecule has 152 valence electrons. The highest BCUT2D eigenvalue weighted by Crippen LogP contribution is 2.35. The van der Waals surface area contributed by atoms with Gasteiger partial charge >= 0.3 is 6.18 Å². The number of pyridine rings is 1. The Bertz CT molecular complexity index is 838. The van der Waals surface area contributed by atoms with Gasteiger partial charge in [0.25, 0.3) is 5.91 Å². The molecule has 1 N–H and O–H groups in total. The molecule has 0 unspecified atom stereocenters. The summed E-state index contributed by atoms with van der Waals surface area (Å²) in [4.78, 5) is 16.3. The van der Waals surface area contributed by atoms with E-state index in [9.17, 15) is 22.4 Å². The summed E-state index contributed by atoms with van der Waals surface area (Å²) in [6, 6.07) is 4.69. The molecule has 0 aliphatic carbocycles. The maximum absolute atomic E-state index is 13.7. The minimum atomic E-state index is -4.77. The van der Waals surface area contributed by atoms with Gasteiger partial charge in [-0.05, 0) is 29.7 Å². The third kappa shape index (κ3) is 5.34. The Balaban J connectivity index is 2.28. The average molecular weight is 400 g/mol. The number of ether oxygens (including phenoxy) is 2. The second-order valence-electron chi connectivity index (χ2n) is 6.39. The summed E-state index contributed by atoms with van der Waals surface area (Å²) in [7, 11) is 1.31. The molecular formula is C19H20F4N2O3. The maximum Gasteiger partial charge on any atom is 0.417 e. The Morgan fingerprint density at radius 3 is 2.54 bits per heavy atom. The van der Waals surface area contributed by atoms with Crippen LogP contribution in [0.3, 0.4) is 0 Å². The first-order valence-corrected chi connectivity index (χ1v) is 8.43. The lowest BCUT2D eigenvalue weighted by Crippen LogP contribution is -2.27. The van der Waals surface area contributed by atoms with Crippen molar-refractivity contribution in [2.75, 3.05) is 13.7 Å². The molecule has 28 heavy (non-hydrogen) atoms. The van der Waals surface area contributed by atoms with Crippen LogP contribution in [0.1, 0.15) is 35.3 Å². The second-order valence-corrected chi connectivity index (χ2v) is 6.39. The number of carbonyl (C=O) groups is 1. The first kappa shape index (κ1) is 21.5. The number of rotatable bonds is 7. The SMILES string of the molecule is COc1ccc(CNC(=O)c2c(C(F)(F)F)ccnc2OCC(C)C)cc1F. The van der Waals surface area contributed by atoms with Crippen molar-refractivity contribution >= 4 is 5.91 Å². The van der Waals surface area contributed by atoms with Crippen molar-refractivity contribution in [3.63, 3.8) is 0 Å². The fourth-order valence-corrected chi connectivity index (χ4v) is 2.34. The van der Waals surface area contributed by atoms with E-state index < -0.39 is 34.9 Å². The van der Waals surface area contributed by atoms with E-state index in [1.807, 2.05) is 13.8 Å². The predicted molar refractivity (Wildman–Crippen MR) is 93.7 cm³/mol. The maximum atomic E-state index is 13.7. The van der Waals surface area contributed by atoms with Crippen LogP contribution in [0.25, 0.3) is 0 Å². The highest BCUT2D eigenvalue weighted by Gasteiger charge is 2.37. The molecule has 0 aliphatic rings. The van der Waals surface area contributed by atoms with Crippen molar-refractivity contribution in [1.82, 2.24) is 10.3 Å². The van der Waals surface area contributed by atoms with Gasteiger partial charge in [-0.25, -0.2) is 9.37 Å². The minimum Gasteiger partial charge on any atom is -0.494 e. The van der Waals surface area contributed by atoms with E-state index in [2.05, 4.69) is 10.3 Å². The number of hydrogen-bond donors (Lipinski definition) is 1. The molecule has 5 nitrogen and oxygen atoms in total.